The van der Waals surface area contributed by atoms with Crippen LogP contribution in [0, 0.1) is 0 Å². The summed E-state index contributed by atoms with van der Waals surface area (Å²) in [6.07, 6.45) is 4.61. The summed E-state index contributed by atoms with van der Waals surface area (Å²) in [6.45, 7) is 2.39. The maximum absolute atomic E-state index is 12.9. The smallest absolute Gasteiger partial charge is 0.268 e. The highest BCUT2D eigenvalue weighted by molar-refractivity contribution is 6.40. The molecule has 0 radical (unpaired) electrons. The minimum Gasteiger partial charge on any atom is -0.354 e. The van der Waals surface area contributed by atoms with Crippen molar-refractivity contribution in [3.05, 3.63) is 30.3 Å². The molecule has 27 heavy (non-hydrogen) atoms. The van der Waals surface area contributed by atoms with Crippen LogP contribution in [0.15, 0.2) is 35.4 Å². The number of rotatable bonds is 5. The van der Waals surface area contributed by atoms with Crippen LogP contribution < -0.4 is 15.6 Å². The maximum atomic E-state index is 12.9. The summed E-state index contributed by atoms with van der Waals surface area (Å²) >= 11 is 0. The zero-order valence-electron chi connectivity index (χ0n) is 15.7. The SMILES string of the molecule is CCNC(=O)C1(NC(=O)C2=NN(c3ccccc3)C(=O)CC2)CCCCC1. The van der Waals surface area contributed by atoms with E-state index in [9.17, 15) is 14.4 Å². The Kier molecular flexibility index (Phi) is 5.88. The maximum Gasteiger partial charge on any atom is 0.268 e. The second-order valence-corrected chi connectivity index (χ2v) is 7.04. The first kappa shape index (κ1) is 19.1. The van der Waals surface area contributed by atoms with Crippen molar-refractivity contribution >= 4 is 29.1 Å². The summed E-state index contributed by atoms with van der Waals surface area (Å²) < 4.78 is 0. The van der Waals surface area contributed by atoms with Crippen molar-refractivity contribution in [1.29, 1.82) is 0 Å². The predicted octanol–water partition coefficient (Wildman–Crippen LogP) is 2.12. The minimum absolute atomic E-state index is 0.134. The number of carbonyl (C=O) groups excluding carboxylic acids is 3. The second kappa shape index (κ2) is 8.33. The fraction of sp³-hybridized carbons (Fsp3) is 0.500. The number of nitrogens with one attached hydrogen (secondary N) is 2. The summed E-state index contributed by atoms with van der Waals surface area (Å²) in [6, 6.07) is 9.05. The van der Waals surface area contributed by atoms with E-state index >= 15 is 0 Å². The molecule has 7 heteroatoms. The number of carbonyl (C=O) groups is 3. The van der Waals surface area contributed by atoms with Gasteiger partial charge < -0.3 is 10.6 Å². The van der Waals surface area contributed by atoms with Crippen molar-refractivity contribution in [2.75, 3.05) is 11.6 Å². The first-order valence-electron chi connectivity index (χ1n) is 9.62. The second-order valence-electron chi connectivity index (χ2n) is 7.04. The van der Waals surface area contributed by atoms with Gasteiger partial charge in [0.2, 0.25) is 11.8 Å². The summed E-state index contributed by atoms with van der Waals surface area (Å²) in [5.74, 6) is -0.643. The highest BCUT2D eigenvalue weighted by Crippen LogP contribution is 2.29. The predicted molar refractivity (Wildman–Crippen MR) is 103 cm³/mol. The number of hydrogen-bond donors (Lipinski definition) is 2. The van der Waals surface area contributed by atoms with E-state index in [1.54, 1.807) is 12.1 Å². The van der Waals surface area contributed by atoms with Crippen LogP contribution in [0.25, 0.3) is 0 Å². The minimum atomic E-state index is -0.882. The van der Waals surface area contributed by atoms with Gasteiger partial charge in [-0.05, 0) is 31.9 Å². The fourth-order valence-corrected chi connectivity index (χ4v) is 3.67. The number of hydrazone groups is 1. The van der Waals surface area contributed by atoms with E-state index in [-0.39, 0.29) is 36.3 Å². The van der Waals surface area contributed by atoms with Gasteiger partial charge in [-0.25, -0.2) is 5.01 Å². The molecule has 0 aromatic heterocycles. The molecule has 0 unspecified atom stereocenters. The molecular weight excluding hydrogens is 344 g/mol. The summed E-state index contributed by atoms with van der Waals surface area (Å²) in [7, 11) is 0. The van der Waals surface area contributed by atoms with E-state index in [0.29, 0.717) is 25.1 Å². The molecule has 1 aromatic carbocycles. The molecule has 144 valence electrons. The third-order valence-electron chi connectivity index (χ3n) is 5.13. The number of para-hydroxylation sites is 1. The van der Waals surface area contributed by atoms with Crippen LogP contribution in [0.4, 0.5) is 5.69 Å². The number of likely N-dealkylation sites (N-methyl/N-ethyl adjacent to an activating group) is 1. The molecule has 0 saturated heterocycles. The molecule has 3 rings (SSSR count). The van der Waals surface area contributed by atoms with Crippen molar-refractivity contribution in [3.63, 3.8) is 0 Å². The Hall–Kier alpha value is -2.70. The molecule has 1 aromatic rings. The van der Waals surface area contributed by atoms with Crippen molar-refractivity contribution in [1.82, 2.24) is 10.6 Å². The molecule has 2 N–H and O–H groups in total. The van der Waals surface area contributed by atoms with Crippen LogP contribution in [0.1, 0.15) is 51.9 Å². The van der Waals surface area contributed by atoms with Gasteiger partial charge in [-0.15, -0.1) is 0 Å². The molecule has 1 aliphatic heterocycles. The Labute approximate surface area is 159 Å². The molecule has 0 atom stereocenters. The van der Waals surface area contributed by atoms with E-state index in [4.69, 9.17) is 0 Å². The Bertz CT molecular complexity index is 739. The van der Waals surface area contributed by atoms with E-state index in [2.05, 4.69) is 15.7 Å². The number of hydrogen-bond acceptors (Lipinski definition) is 4. The van der Waals surface area contributed by atoms with Crippen molar-refractivity contribution < 1.29 is 14.4 Å². The van der Waals surface area contributed by atoms with E-state index in [0.717, 1.165) is 19.3 Å². The van der Waals surface area contributed by atoms with E-state index in [1.165, 1.54) is 5.01 Å². The molecule has 3 amide bonds. The highest BCUT2D eigenvalue weighted by atomic mass is 16.2. The van der Waals surface area contributed by atoms with Crippen LogP contribution in [0.2, 0.25) is 0 Å². The molecule has 1 fully saturated rings. The third kappa shape index (κ3) is 4.18. The molecule has 2 aliphatic rings. The molecule has 1 aliphatic carbocycles. The van der Waals surface area contributed by atoms with Gasteiger partial charge in [0, 0.05) is 19.4 Å². The van der Waals surface area contributed by atoms with Gasteiger partial charge in [-0.2, -0.15) is 5.10 Å². The Morgan fingerprint density at radius 2 is 1.81 bits per heavy atom. The van der Waals surface area contributed by atoms with E-state index in [1.807, 2.05) is 25.1 Å². The average molecular weight is 370 g/mol. The molecule has 1 saturated carbocycles. The lowest BCUT2D eigenvalue weighted by atomic mass is 9.80. The summed E-state index contributed by atoms with van der Waals surface area (Å²) in [4.78, 5) is 37.8. The number of anilines is 1. The first-order chi connectivity index (χ1) is 13.1. The Balaban J connectivity index is 1.81. The normalized spacial score (nSPS) is 19.2. The van der Waals surface area contributed by atoms with Crippen LogP contribution in [-0.4, -0.2) is 35.5 Å². The highest BCUT2D eigenvalue weighted by Gasteiger charge is 2.41. The molecule has 0 bridgehead atoms. The van der Waals surface area contributed by atoms with Gasteiger partial charge in [0.15, 0.2) is 0 Å². The quantitative estimate of drug-likeness (QED) is 0.832. The van der Waals surface area contributed by atoms with Crippen molar-refractivity contribution in [3.8, 4) is 0 Å². The topological polar surface area (TPSA) is 90.9 Å². The lowest BCUT2D eigenvalue weighted by Crippen LogP contribution is -2.61. The Morgan fingerprint density at radius 3 is 2.48 bits per heavy atom. The fourth-order valence-electron chi connectivity index (χ4n) is 3.67. The largest absolute Gasteiger partial charge is 0.354 e. The lowest BCUT2D eigenvalue weighted by molar-refractivity contribution is -0.133. The van der Waals surface area contributed by atoms with E-state index < -0.39 is 5.54 Å². The summed E-state index contributed by atoms with van der Waals surface area (Å²) in [5, 5.41) is 11.4. The monoisotopic (exact) mass is 370 g/mol. The van der Waals surface area contributed by atoms with Gasteiger partial charge in [0.05, 0.1) is 5.69 Å². The van der Waals surface area contributed by atoms with Crippen molar-refractivity contribution in [2.45, 2.75) is 57.4 Å². The molecule has 0 spiro atoms. The average Bonchev–Trinajstić information content (AvgIpc) is 2.70. The standard InChI is InChI=1S/C20H26N4O3/c1-2-21-19(27)20(13-7-4-8-14-20)22-18(26)16-11-12-17(25)24(23-16)15-9-5-3-6-10-15/h3,5-6,9-10H,2,4,7-8,11-14H2,1H3,(H,21,27)(H,22,26). The van der Waals surface area contributed by atoms with Crippen LogP contribution >= 0.6 is 0 Å². The molecule has 1 heterocycles. The lowest BCUT2D eigenvalue weighted by Gasteiger charge is -2.37. The van der Waals surface area contributed by atoms with Gasteiger partial charge in [0.25, 0.3) is 5.91 Å². The number of benzene rings is 1. The van der Waals surface area contributed by atoms with Crippen LogP contribution in [0.3, 0.4) is 0 Å². The zero-order chi connectivity index (χ0) is 19.3. The molecular formula is C20H26N4O3. The van der Waals surface area contributed by atoms with Crippen molar-refractivity contribution in [2.24, 2.45) is 5.10 Å². The molecule has 7 nitrogen and oxygen atoms in total. The summed E-state index contributed by atoms with van der Waals surface area (Å²) in [5.41, 5.74) is 0.0312. The van der Waals surface area contributed by atoms with Gasteiger partial charge >= 0.3 is 0 Å². The zero-order valence-corrected chi connectivity index (χ0v) is 15.7. The number of amides is 3. The van der Waals surface area contributed by atoms with Crippen LogP contribution in [-0.2, 0) is 14.4 Å². The first-order valence-corrected chi connectivity index (χ1v) is 9.62. The van der Waals surface area contributed by atoms with Crippen LogP contribution in [0.5, 0.6) is 0 Å². The van der Waals surface area contributed by atoms with Gasteiger partial charge in [-0.1, -0.05) is 37.5 Å². The third-order valence-corrected chi connectivity index (χ3v) is 5.13. The number of nitrogens with zero attached hydrogens (tertiary/aromatic N) is 2. The Morgan fingerprint density at radius 1 is 1.11 bits per heavy atom. The van der Waals surface area contributed by atoms with Gasteiger partial charge in [-0.3, -0.25) is 14.4 Å². The van der Waals surface area contributed by atoms with Gasteiger partial charge in [0.1, 0.15) is 11.3 Å².